The second-order valence-electron chi connectivity index (χ2n) is 4.72. The summed E-state index contributed by atoms with van der Waals surface area (Å²) >= 11 is 3.48. The van der Waals surface area contributed by atoms with E-state index >= 15 is 0 Å². The fourth-order valence-electron chi connectivity index (χ4n) is 1.79. The van der Waals surface area contributed by atoms with Gasteiger partial charge in [-0.15, -0.1) is 0 Å². The molecule has 96 valence electrons. The summed E-state index contributed by atoms with van der Waals surface area (Å²) in [6.45, 7) is 6.00. The molecule has 1 aromatic carbocycles. The van der Waals surface area contributed by atoms with Gasteiger partial charge in [0.05, 0.1) is 17.5 Å². The molecule has 4 heteroatoms. The third-order valence-corrected chi connectivity index (χ3v) is 3.59. The van der Waals surface area contributed by atoms with Gasteiger partial charge in [-0.1, -0.05) is 35.8 Å². The molecule has 2 aromatic rings. The van der Waals surface area contributed by atoms with Gasteiger partial charge >= 0.3 is 0 Å². The molecule has 1 atom stereocenters. The highest BCUT2D eigenvalue weighted by Gasteiger charge is 2.09. The van der Waals surface area contributed by atoms with Gasteiger partial charge in [-0.2, -0.15) is 5.10 Å². The zero-order chi connectivity index (χ0) is 13.3. The van der Waals surface area contributed by atoms with Crippen LogP contribution in [-0.2, 0) is 0 Å². The standard InChI is InChI=1S/C14H17BrN2O/c1-9(2)14-6-7-17(16-14)11-4-5-12(10(3)18)13(15)8-11/h4-10,18H,1-3H3/t10-/m0/s1. The molecule has 1 N–H and O–H groups in total. The van der Waals surface area contributed by atoms with Crippen molar-refractivity contribution in [3.05, 3.63) is 46.2 Å². The summed E-state index contributed by atoms with van der Waals surface area (Å²) in [6, 6.07) is 7.88. The zero-order valence-electron chi connectivity index (χ0n) is 10.8. The maximum absolute atomic E-state index is 9.59. The van der Waals surface area contributed by atoms with Crippen molar-refractivity contribution in [2.24, 2.45) is 0 Å². The van der Waals surface area contributed by atoms with Gasteiger partial charge in [0, 0.05) is 10.7 Å². The SMILES string of the molecule is CC(C)c1ccn(-c2ccc([C@H](C)O)c(Br)c2)n1. The van der Waals surface area contributed by atoms with E-state index in [1.807, 2.05) is 35.1 Å². The van der Waals surface area contributed by atoms with Gasteiger partial charge in [0.15, 0.2) is 0 Å². The largest absolute Gasteiger partial charge is 0.389 e. The Labute approximate surface area is 116 Å². The fourth-order valence-corrected chi connectivity index (χ4v) is 2.49. The monoisotopic (exact) mass is 308 g/mol. The highest BCUT2D eigenvalue weighted by Crippen LogP contribution is 2.26. The minimum atomic E-state index is -0.475. The highest BCUT2D eigenvalue weighted by atomic mass is 79.9. The van der Waals surface area contributed by atoms with Crippen molar-refractivity contribution < 1.29 is 5.11 Å². The first-order valence-corrected chi connectivity index (χ1v) is 6.82. The van der Waals surface area contributed by atoms with Crippen LogP contribution in [0.2, 0.25) is 0 Å². The number of benzene rings is 1. The molecule has 0 aliphatic carbocycles. The molecule has 18 heavy (non-hydrogen) atoms. The van der Waals surface area contributed by atoms with Crippen molar-refractivity contribution in [2.45, 2.75) is 32.8 Å². The Morgan fingerprint density at radius 1 is 1.22 bits per heavy atom. The van der Waals surface area contributed by atoms with E-state index in [1.54, 1.807) is 6.92 Å². The van der Waals surface area contributed by atoms with Crippen LogP contribution in [0.3, 0.4) is 0 Å². The van der Waals surface area contributed by atoms with Crippen LogP contribution in [0.4, 0.5) is 0 Å². The van der Waals surface area contributed by atoms with E-state index in [0.717, 1.165) is 21.4 Å². The Kier molecular flexibility index (Phi) is 3.88. The third kappa shape index (κ3) is 2.65. The van der Waals surface area contributed by atoms with Crippen LogP contribution in [0, 0.1) is 0 Å². The maximum Gasteiger partial charge on any atom is 0.0772 e. The smallest absolute Gasteiger partial charge is 0.0772 e. The summed E-state index contributed by atoms with van der Waals surface area (Å²) in [7, 11) is 0. The quantitative estimate of drug-likeness (QED) is 0.936. The molecule has 0 bridgehead atoms. The van der Waals surface area contributed by atoms with Crippen molar-refractivity contribution in [3.63, 3.8) is 0 Å². The molecule has 2 rings (SSSR count). The average molecular weight is 309 g/mol. The number of hydrogen-bond donors (Lipinski definition) is 1. The maximum atomic E-state index is 9.59. The molecule has 0 saturated heterocycles. The van der Waals surface area contributed by atoms with E-state index in [-0.39, 0.29) is 0 Å². The Hall–Kier alpha value is -1.13. The minimum Gasteiger partial charge on any atom is -0.389 e. The molecule has 0 unspecified atom stereocenters. The summed E-state index contributed by atoms with van der Waals surface area (Å²) in [4.78, 5) is 0. The lowest BCUT2D eigenvalue weighted by atomic mass is 10.1. The lowest BCUT2D eigenvalue weighted by Gasteiger charge is -2.09. The Balaban J connectivity index is 2.36. The van der Waals surface area contributed by atoms with E-state index < -0.39 is 6.10 Å². The molecular weight excluding hydrogens is 292 g/mol. The van der Waals surface area contributed by atoms with E-state index in [9.17, 15) is 5.11 Å². The molecule has 0 spiro atoms. The number of aromatic nitrogens is 2. The minimum absolute atomic E-state index is 0.423. The summed E-state index contributed by atoms with van der Waals surface area (Å²) in [5.74, 6) is 0.423. The molecule has 3 nitrogen and oxygen atoms in total. The van der Waals surface area contributed by atoms with Crippen molar-refractivity contribution in [1.29, 1.82) is 0 Å². The van der Waals surface area contributed by atoms with Crippen LogP contribution in [0.1, 0.15) is 44.1 Å². The van der Waals surface area contributed by atoms with Gasteiger partial charge in [-0.3, -0.25) is 0 Å². The third-order valence-electron chi connectivity index (χ3n) is 2.90. The predicted molar refractivity (Wildman–Crippen MR) is 76.0 cm³/mol. The van der Waals surface area contributed by atoms with Crippen LogP contribution in [-0.4, -0.2) is 14.9 Å². The van der Waals surface area contributed by atoms with E-state index in [4.69, 9.17) is 0 Å². The topological polar surface area (TPSA) is 38.0 Å². The first-order valence-electron chi connectivity index (χ1n) is 6.02. The molecule has 0 aliphatic heterocycles. The van der Waals surface area contributed by atoms with Crippen LogP contribution in [0.5, 0.6) is 0 Å². The summed E-state index contributed by atoms with van der Waals surface area (Å²) in [5, 5.41) is 14.1. The second-order valence-corrected chi connectivity index (χ2v) is 5.58. The van der Waals surface area contributed by atoms with Gasteiger partial charge in [-0.25, -0.2) is 4.68 Å². The van der Waals surface area contributed by atoms with Gasteiger partial charge in [0.2, 0.25) is 0 Å². The summed E-state index contributed by atoms with van der Waals surface area (Å²) in [6.07, 6.45) is 1.48. The van der Waals surface area contributed by atoms with Crippen molar-refractivity contribution in [3.8, 4) is 5.69 Å². The first kappa shape index (κ1) is 13.3. The molecule has 0 aliphatic rings. The molecule has 1 aromatic heterocycles. The molecule has 0 radical (unpaired) electrons. The molecular formula is C14H17BrN2O. The first-order chi connectivity index (χ1) is 8.49. The highest BCUT2D eigenvalue weighted by molar-refractivity contribution is 9.10. The molecule has 1 heterocycles. The number of aliphatic hydroxyl groups is 1. The second kappa shape index (κ2) is 5.24. The Bertz CT molecular complexity index is 546. The lowest BCUT2D eigenvalue weighted by molar-refractivity contribution is 0.198. The van der Waals surface area contributed by atoms with Crippen molar-refractivity contribution in [1.82, 2.24) is 9.78 Å². The van der Waals surface area contributed by atoms with Crippen LogP contribution in [0.25, 0.3) is 5.69 Å². The van der Waals surface area contributed by atoms with E-state index in [0.29, 0.717) is 5.92 Å². The lowest BCUT2D eigenvalue weighted by Crippen LogP contribution is -1.99. The molecule has 0 fully saturated rings. The van der Waals surface area contributed by atoms with E-state index in [2.05, 4.69) is 34.9 Å². The van der Waals surface area contributed by atoms with Gasteiger partial charge < -0.3 is 5.11 Å². The van der Waals surface area contributed by atoms with Crippen LogP contribution < -0.4 is 0 Å². The number of halogens is 1. The summed E-state index contributed by atoms with van der Waals surface area (Å²) in [5.41, 5.74) is 2.94. The summed E-state index contributed by atoms with van der Waals surface area (Å²) < 4.78 is 2.75. The van der Waals surface area contributed by atoms with E-state index in [1.165, 1.54) is 0 Å². The van der Waals surface area contributed by atoms with Crippen LogP contribution in [0.15, 0.2) is 34.9 Å². The Morgan fingerprint density at radius 3 is 2.44 bits per heavy atom. The molecule has 0 amide bonds. The number of aliphatic hydroxyl groups excluding tert-OH is 1. The van der Waals surface area contributed by atoms with Crippen molar-refractivity contribution >= 4 is 15.9 Å². The Morgan fingerprint density at radius 2 is 1.94 bits per heavy atom. The average Bonchev–Trinajstić information content (AvgIpc) is 2.77. The molecule has 0 saturated carbocycles. The number of nitrogens with zero attached hydrogens (tertiary/aromatic N) is 2. The normalized spacial score (nSPS) is 13.0. The van der Waals surface area contributed by atoms with Gasteiger partial charge in [0.25, 0.3) is 0 Å². The van der Waals surface area contributed by atoms with Crippen molar-refractivity contribution in [2.75, 3.05) is 0 Å². The fraction of sp³-hybridized carbons (Fsp3) is 0.357. The van der Waals surface area contributed by atoms with Crippen LogP contribution >= 0.6 is 15.9 Å². The number of rotatable bonds is 3. The predicted octanol–water partition coefficient (Wildman–Crippen LogP) is 3.81. The van der Waals surface area contributed by atoms with Gasteiger partial charge in [-0.05, 0) is 36.6 Å². The zero-order valence-corrected chi connectivity index (χ0v) is 12.3. The van der Waals surface area contributed by atoms with Gasteiger partial charge in [0.1, 0.15) is 0 Å². The number of hydrogen-bond acceptors (Lipinski definition) is 2.